The molecule has 1 heterocycles. The minimum atomic E-state index is -0.237. The molecule has 1 aliphatic rings. The molecule has 1 rings (SSSR count). The summed E-state index contributed by atoms with van der Waals surface area (Å²) in [6.07, 6.45) is 5.11. The van der Waals surface area contributed by atoms with Gasteiger partial charge in [0.2, 0.25) is 0 Å². The molecule has 0 N–H and O–H groups in total. The van der Waals surface area contributed by atoms with E-state index in [0.29, 0.717) is 6.54 Å². The first-order valence-corrected chi connectivity index (χ1v) is 4.66. The standard InChI is InChI=1S/C8H16N2O2/c1-2-5-8-6-3-4-7-9(8)10(11)12/h8H,2-7H2,1H3. The fourth-order valence-corrected chi connectivity index (χ4v) is 1.83. The van der Waals surface area contributed by atoms with Crippen molar-refractivity contribution in [3.63, 3.8) is 0 Å². The average Bonchev–Trinajstić information content (AvgIpc) is 2.05. The first-order chi connectivity index (χ1) is 5.75. The van der Waals surface area contributed by atoms with E-state index in [9.17, 15) is 10.1 Å². The Hall–Kier alpha value is -0.800. The highest BCUT2D eigenvalue weighted by atomic mass is 16.7. The van der Waals surface area contributed by atoms with E-state index in [2.05, 4.69) is 6.92 Å². The van der Waals surface area contributed by atoms with Crippen LogP contribution in [-0.2, 0) is 0 Å². The molecule has 0 aromatic rings. The van der Waals surface area contributed by atoms with Gasteiger partial charge in [0.25, 0.3) is 0 Å². The van der Waals surface area contributed by atoms with Crippen LogP contribution >= 0.6 is 0 Å². The van der Waals surface area contributed by atoms with Gasteiger partial charge < -0.3 is 0 Å². The zero-order valence-corrected chi connectivity index (χ0v) is 7.53. The topological polar surface area (TPSA) is 46.4 Å². The summed E-state index contributed by atoms with van der Waals surface area (Å²) in [5, 5.41) is 11.7. The van der Waals surface area contributed by atoms with Crippen LogP contribution in [0.2, 0.25) is 0 Å². The SMILES string of the molecule is CCCC1CCCCN1[N+](=O)[O-]. The van der Waals surface area contributed by atoms with Gasteiger partial charge in [-0.25, -0.2) is 10.1 Å². The number of hydrogen-bond acceptors (Lipinski definition) is 2. The number of hydrogen-bond donors (Lipinski definition) is 0. The quantitative estimate of drug-likeness (QED) is 0.482. The number of nitrogens with zero attached hydrogens (tertiary/aromatic N) is 2. The lowest BCUT2D eigenvalue weighted by Gasteiger charge is -2.28. The fraction of sp³-hybridized carbons (Fsp3) is 1.00. The number of nitro groups is 1. The summed E-state index contributed by atoms with van der Waals surface area (Å²) in [5.41, 5.74) is 0. The summed E-state index contributed by atoms with van der Waals surface area (Å²) in [4.78, 5) is 10.6. The van der Waals surface area contributed by atoms with E-state index in [1.165, 1.54) is 5.01 Å². The van der Waals surface area contributed by atoms with Crippen molar-refractivity contribution in [3.05, 3.63) is 10.1 Å². The summed E-state index contributed by atoms with van der Waals surface area (Å²) in [7, 11) is 0. The predicted molar refractivity (Wildman–Crippen MR) is 46.2 cm³/mol. The number of piperidine rings is 1. The van der Waals surface area contributed by atoms with Gasteiger partial charge in [0.1, 0.15) is 0 Å². The van der Waals surface area contributed by atoms with E-state index >= 15 is 0 Å². The van der Waals surface area contributed by atoms with E-state index in [1.807, 2.05) is 0 Å². The minimum Gasteiger partial charge on any atom is -0.235 e. The van der Waals surface area contributed by atoms with Gasteiger partial charge in [0, 0.05) is 0 Å². The van der Waals surface area contributed by atoms with E-state index in [4.69, 9.17) is 0 Å². The second-order valence-corrected chi connectivity index (χ2v) is 3.34. The van der Waals surface area contributed by atoms with Gasteiger partial charge in [0.15, 0.2) is 5.03 Å². The van der Waals surface area contributed by atoms with Crippen molar-refractivity contribution in [2.75, 3.05) is 6.54 Å². The first kappa shape index (κ1) is 9.29. The fourth-order valence-electron chi connectivity index (χ4n) is 1.83. The maximum absolute atomic E-state index is 10.6. The molecule has 0 saturated carbocycles. The van der Waals surface area contributed by atoms with Crippen molar-refractivity contribution in [1.82, 2.24) is 5.01 Å². The maximum atomic E-state index is 10.6. The second kappa shape index (κ2) is 4.28. The van der Waals surface area contributed by atoms with Crippen molar-refractivity contribution in [3.8, 4) is 0 Å². The van der Waals surface area contributed by atoms with E-state index in [-0.39, 0.29) is 11.1 Å². The molecule has 0 radical (unpaired) electrons. The van der Waals surface area contributed by atoms with Gasteiger partial charge in [-0.2, -0.15) is 0 Å². The molecule has 0 amide bonds. The molecule has 4 nitrogen and oxygen atoms in total. The smallest absolute Gasteiger partial charge is 0.160 e. The van der Waals surface area contributed by atoms with Crippen LogP contribution in [0.15, 0.2) is 0 Å². The molecule has 0 aliphatic carbocycles. The van der Waals surface area contributed by atoms with E-state index < -0.39 is 0 Å². The Balaban J connectivity index is 2.48. The van der Waals surface area contributed by atoms with Crippen molar-refractivity contribution in [2.45, 2.75) is 45.1 Å². The van der Waals surface area contributed by atoms with Crippen molar-refractivity contribution in [2.24, 2.45) is 0 Å². The van der Waals surface area contributed by atoms with Crippen LogP contribution in [0.5, 0.6) is 0 Å². The van der Waals surface area contributed by atoms with Crippen LogP contribution < -0.4 is 0 Å². The number of hydrazine groups is 1. The van der Waals surface area contributed by atoms with Crippen molar-refractivity contribution >= 4 is 0 Å². The summed E-state index contributed by atoms with van der Waals surface area (Å²) >= 11 is 0. The summed E-state index contributed by atoms with van der Waals surface area (Å²) in [6, 6.07) is 0.193. The molecule has 1 aliphatic heterocycles. The highest BCUT2D eigenvalue weighted by molar-refractivity contribution is 4.70. The third-order valence-electron chi connectivity index (χ3n) is 2.43. The Morgan fingerprint density at radius 3 is 2.92 bits per heavy atom. The Morgan fingerprint density at radius 2 is 2.33 bits per heavy atom. The maximum Gasteiger partial charge on any atom is 0.160 e. The highest BCUT2D eigenvalue weighted by Crippen LogP contribution is 2.20. The van der Waals surface area contributed by atoms with Crippen molar-refractivity contribution < 1.29 is 5.03 Å². The molecule has 70 valence electrons. The molecule has 0 bridgehead atoms. The Bertz CT molecular complexity index is 159. The zero-order chi connectivity index (χ0) is 8.97. The van der Waals surface area contributed by atoms with Gasteiger partial charge in [-0.3, -0.25) is 0 Å². The molecule has 0 spiro atoms. The molecule has 0 aromatic heterocycles. The van der Waals surface area contributed by atoms with E-state index in [0.717, 1.165) is 32.1 Å². The van der Waals surface area contributed by atoms with Gasteiger partial charge >= 0.3 is 0 Å². The highest BCUT2D eigenvalue weighted by Gasteiger charge is 2.28. The summed E-state index contributed by atoms with van der Waals surface area (Å²) in [6.45, 7) is 2.71. The van der Waals surface area contributed by atoms with Crippen LogP contribution in [0.3, 0.4) is 0 Å². The third kappa shape index (κ3) is 2.09. The lowest BCUT2D eigenvalue weighted by molar-refractivity contribution is -0.667. The van der Waals surface area contributed by atoms with Gasteiger partial charge in [-0.05, 0) is 25.7 Å². The van der Waals surface area contributed by atoms with Crippen LogP contribution in [0, 0.1) is 10.1 Å². The Kier molecular flexibility index (Phi) is 3.31. The Morgan fingerprint density at radius 1 is 1.58 bits per heavy atom. The molecule has 1 unspecified atom stereocenters. The Labute approximate surface area is 72.7 Å². The monoisotopic (exact) mass is 172 g/mol. The van der Waals surface area contributed by atoms with Crippen LogP contribution in [0.25, 0.3) is 0 Å². The normalized spacial score (nSPS) is 24.1. The molecular weight excluding hydrogens is 156 g/mol. The number of rotatable bonds is 3. The largest absolute Gasteiger partial charge is 0.235 e. The van der Waals surface area contributed by atoms with Gasteiger partial charge in [-0.1, -0.05) is 13.3 Å². The first-order valence-electron chi connectivity index (χ1n) is 4.66. The van der Waals surface area contributed by atoms with Crippen LogP contribution in [0.1, 0.15) is 39.0 Å². The zero-order valence-electron chi connectivity index (χ0n) is 7.53. The molecule has 12 heavy (non-hydrogen) atoms. The molecule has 4 heteroatoms. The molecule has 1 atom stereocenters. The average molecular weight is 172 g/mol. The van der Waals surface area contributed by atoms with Gasteiger partial charge in [0.05, 0.1) is 12.6 Å². The van der Waals surface area contributed by atoms with Crippen molar-refractivity contribution in [1.29, 1.82) is 0 Å². The molecule has 0 aromatic carbocycles. The third-order valence-corrected chi connectivity index (χ3v) is 2.43. The minimum absolute atomic E-state index is 0.193. The van der Waals surface area contributed by atoms with Crippen LogP contribution in [0.4, 0.5) is 0 Å². The van der Waals surface area contributed by atoms with E-state index in [1.54, 1.807) is 0 Å². The summed E-state index contributed by atoms with van der Waals surface area (Å²) < 4.78 is 0. The molecule has 1 saturated heterocycles. The second-order valence-electron chi connectivity index (χ2n) is 3.34. The van der Waals surface area contributed by atoms with Crippen LogP contribution in [-0.4, -0.2) is 22.6 Å². The molecule has 1 fully saturated rings. The summed E-state index contributed by atoms with van der Waals surface area (Å²) in [5.74, 6) is 0. The lowest BCUT2D eigenvalue weighted by atomic mass is 10.0. The van der Waals surface area contributed by atoms with Gasteiger partial charge in [-0.15, -0.1) is 5.01 Å². The molecular formula is C8H16N2O2. The lowest BCUT2D eigenvalue weighted by Crippen LogP contribution is -2.43. The predicted octanol–water partition coefficient (Wildman–Crippen LogP) is 1.83.